The van der Waals surface area contributed by atoms with Crippen LogP contribution in [0.3, 0.4) is 0 Å². The summed E-state index contributed by atoms with van der Waals surface area (Å²) in [7, 11) is 0. The molecule has 0 aliphatic carbocycles. The van der Waals surface area contributed by atoms with E-state index in [1.54, 1.807) is 6.07 Å². The number of fused-ring (bicyclic) bond motifs is 3. The fraction of sp³-hybridized carbons (Fsp3) is 0.400. The fourth-order valence-electron chi connectivity index (χ4n) is 4.13. The molecule has 1 atom stereocenters. The van der Waals surface area contributed by atoms with E-state index in [1.807, 2.05) is 49.4 Å². The van der Waals surface area contributed by atoms with Gasteiger partial charge in [-0.05, 0) is 38.7 Å². The molecule has 1 amide bonds. The van der Waals surface area contributed by atoms with Gasteiger partial charge in [0, 0.05) is 37.6 Å². The number of aromatic nitrogens is 3. The molecule has 0 saturated carbocycles. The Labute approximate surface area is 187 Å². The third kappa shape index (κ3) is 4.61. The van der Waals surface area contributed by atoms with E-state index in [9.17, 15) is 9.59 Å². The van der Waals surface area contributed by atoms with E-state index < -0.39 is 0 Å². The van der Waals surface area contributed by atoms with Crippen LogP contribution in [-0.4, -0.2) is 26.1 Å². The van der Waals surface area contributed by atoms with Crippen LogP contribution in [0.2, 0.25) is 0 Å². The van der Waals surface area contributed by atoms with Crippen LogP contribution < -0.4 is 10.9 Å². The molecule has 1 aromatic carbocycles. The summed E-state index contributed by atoms with van der Waals surface area (Å²) in [5.41, 5.74) is 3.23. The molecule has 0 aliphatic rings. The minimum absolute atomic E-state index is 0.00563. The molecule has 0 aliphatic heterocycles. The van der Waals surface area contributed by atoms with E-state index in [1.165, 1.54) is 10.2 Å². The number of hydrogen-bond acceptors (Lipinski definition) is 4. The summed E-state index contributed by atoms with van der Waals surface area (Å²) in [5.74, 6) is 1.61. The van der Waals surface area contributed by atoms with Crippen LogP contribution in [0.5, 0.6) is 0 Å². The highest BCUT2D eigenvalue weighted by Gasteiger charge is 2.16. The second-order valence-electron chi connectivity index (χ2n) is 8.37. The minimum atomic E-state index is -0.164. The monoisotopic (exact) mass is 434 g/mol. The average molecular weight is 435 g/mol. The lowest BCUT2D eigenvalue weighted by molar-refractivity contribution is -0.121. The molecule has 1 N–H and O–H groups in total. The molecule has 32 heavy (non-hydrogen) atoms. The first-order chi connectivity index (χ1) is 15.5. The van der Waals surface area contributed by atoms with Crippen LogP contribution in [0.4, 0.5) is 0 Å². The van der Waals surface area contributed by atoms with Crippen molar-refractivity contribution in [3.05, 3.63) is 70.0 Å². The Balaban J connectivity index is 1.36. The first kappa shape index (κ1) is 21.9. The molecule has 4 rings (SSSR count). The van der Waals surface area contributed by atoms with Crippen molar-refractivity contribution in [2.45, 2.75) is 65.5 Å². The Morgan fingerprint density at radius 3 is 2.72 bits per heavy atom. The smallest absolute Gasteiger partial charge is 0.291 e. The number of benzene rings is 1. The summed E-state index contributed by atoms with van der Waals surface area (Å²) in [6.07, 6.45) is 3.42. The predicted octanol–water partition coefficient (Wildman–Crippen LogP) is 4.03. The van der Waals surface area contributed by atoms with Gasteiger partial charge in [-0.25, -0.2) is 4.68 Å². The summed E-state index contributed by atoms with van der Waals surface area (Å²) < 4.78 is 9.05. The van der Waals surface area contributed by atoms with E-state index >= 15 is 0 Å². The van der Waals surface area contributed by atoms with E-state index in [0.29, 0.717) is 36.9 Å². The van der Waals surface area contributed by atoms with E-state index in [2.05, 4.69) is 22.5 Å². The molecule has 0 fully saturated rings. The van der Waals surface area contributed by atoms with Crippen LogP contribution in [0.25, 0.3) is 16.6 Å². The van der Waals surface area contributed by atoms with Crippen molar-refractivity contribution in [2.75, 3.05) is 0 Å². The Morgan fingerprint density at radius 1 is 1.19 bits per heavy atom. The molecular formula is C25H30N4O3. The maximum atomic E-state index is 13.0. The second-order valence-corrected chi connectivity index (χ2v) is 8.37. The van der Waals surface area contributed by atoms with Gasteiger partial charge in [0.15, 0.2) is 5.58 Å². The molecule has 0 unspecified atom stereocenters. The molecule has 168 valence electrons. The average Bonchev–Trinajstić information content (AvgIpc) is 3.31. The summed E-state index contributed by atoms with van der Waals surface area (Å²) in [4.78, 5) is 25.3. The van der Waals surface area contributed by atoms with Crippen LogP contribution >= 0.6 is 0 Å². The highest BCUT2D eigenvalue weighted by Crippen LogP contribution is 2.23. The van der Waals surface area contributed by atoms with E-state index in [4.69, 9.17) is 4.42 Å². The lowest BCUT2D eigenvalue weighted by Crippen LogP contribution is -2.33. The number of amides is 1. The molecule has 7 heteroatoms. The highest BCUT2D eigenvalue weighted by molar-refractivity contribution is 5.83. The maximum absolute atomic E-state index is 13.0. The molecule has 7 nitrogen and oxygen atoms in total. The SMILES string of the molecule is CCc1nn(CCCC(=O)N[C@@H](C)CCc2ccccc2)c(=O)c2cc3oc(C)cc3n12. The Kier molecular flexibility index (Phi) is 6.44. The molecule has 0 spiro atoms. The van der Waals surface area contributed by atoms with Crippen molar-refractivity contribution in [3.8, 4) is 0 Å². The van der Waals surface area contributed by atoms with Gasteiger partial charge in [0.25, 0.3) is 5.56 Å². The zero-order valence-corrected chi connectivity index (χ0v) is 18.9. The second kappa shape index (κ2) is 9.42. The largest absolute Gasteiger partial charge is 0.460 e. The van der Waals surface area contributed by atoms with Gasteiger partial charge in [-0.3, -0.25) is 14.0 Å². The van der Waals surface area contributed by atoms with Gasteiger partial charge in [-0.1, -0.05) is 37.3 Å². The van der Waals surface area contributed by atoms with Gasteiger partial charge in [-0.2, -0.15) is 5.10 Å². The number of rotatable bonds is 9. The van der Waals surface area contributed by atoms with Crippen LogP contribution in [0.15, 0.2) is 51.7 Å². The number of carbonyl (C=O) groups excluding carboxylic acids is 1. The molecule has 0 radical (unpaired) electrons. The van der Waals surface area contributed by atoms with Gasteiger partial charge in [-0.15, -0.1) is 0 Å². The van der Waals surface area contributed by atoms with Crippen LogP contribution in [0, 0.1) is 6.92 Å². The van der Waals surface area contributed by atoms with E-state index in [0.717, 1.165) is 29.9 Å². The maximum Gasteiger partial charge on any atom is 0.291 e. The van der Waals surface area contributed by atoms with Gasteiger partial charge in [0.1, 0.15) is 17.1 Å². The number of nitrogens with one attached hydrogen (secondary N) is 1. The molecule has 0 bridgehead atoms. The van der Waals surface area contributed by atoms with Crippen molar-refractivity contribution >= 4 is 22.5 Å². The predicted molar refractivity (Wildman–Crippen MR) is 125 cm³/mol. The third-order valence-corrected chi connectivity index (χ3v) is 5.77. The lowest BCUT2D eigenvalue weighted by atomic mass is 10.1. The summed E-state index contributed by atoms with van der Waals surface area (Å²) >= 11 is 0. The normalized spacial score (nSPS) is 12.5. The minimum Gasteiger partial charge on any atom is -0.460 e. The third-order valence-electron chi connectivity index (χ3n) is 5.77. The topological polar surface area (TPSA) is 81.5 Å². The zero-order chi connectivity index (χ0) is 22.7. The standard InChI is InChI=1S/C25H30N4O3/c1-4-23-27-28(25(31)21-16-22-20(29(21)23)15-18(3)32-22)14-8-11-24(30)26-17(2)12-13-19-9-6-5-7-10-19/h5-7,9-10,15-17H,4,8,11-14H2,1-3H3,(H,26,30)/t17-/m0/s1. The fourth-order valence-corrected chi connectivity index (χ4v) is 4.13. The van der Waals surface area contributed by atoms with E-state index in [-0.39, 0.29) is 17.5 Å². The van der Waals surface area contributed by atoms with Crippen molar-refractivity contribution in [3.63, 3.8) is 0 Å². The first-order valence-electron chi connectivity index (χ1n) is 11.3. The number of carbonyl (C=O) groups is 1. The van der Waals surface area contributed by atoms with Crippen LogP contribution in [0.1, 0.15) is 50.3 Å². The number of hydrogen-bond donors (Lipinski definition) is 1. The molecule has 4 aromatic rings. The Bertz CT molecular complexity index is 1280. The number of aryl methyl sites for hydroxylation is 4. The molecular weight excluding hydrogens is 404 g/mol. The summed E-state index contributed by atoms with van der Waals surface area (Å²) in [5, 5.41) is 7.62. The van der Waals surface area contributed by atoms with Crippen molar-refractivity contribution < 1.29 is 9.21 Å². The molecule has 3 aromatic heterocycles. The van der Waals surface area contributed by atoms with Crippen LogP contribution in [-0.2, 0) is 24.2 Å². The Hall–Kier alpha value is -3.35. The van der Waals surface area contributed by atoms with Gasteiger partial charge in [0.2, 0.25) is 5.91 Å². The van der Waals surface area contributed by atoms with Gasteiger partial charge in [0.05, 0.1) is 5.52 Å². The first-order valence-corrected chi connectivity index (χ1v) is 11.3. The highest BCUT2D eigenvalue weighted by atomic mass is 16.3. The number of nitrogens with zero attached hydrogens (tertiary/aromatic N) is 3. The lowest BCUT2D eigenvalue weighted by Gasteiger charge is -2.14. The molecule has 0 saturated heterocycles. The molecule has 3 heterocycles. The number of furan rings is 1. The zero-order valence-electron chi connectivity index (χ0n) is 18.9. The van der Waals surface area contributed by atoms with Crippen molar-refractivity contribution in [1.82, 2.24) is 19.5 Å². The van der Waals surface area contributed by atoms with Crippen molar-refractivity contribution in [1.29, 1.82) is 0 Å². The van der Waals surface area contributed by atoms with Gasteiger partial charge < -0.3 is 9.73 Å². The van der Waals surface area contributed by atoms with Crippen molar-refractivity contribution in [2.24, 2.45) is 0 Å². The Morgan fingerprint density at radius 2 is 1.97 bits per heavy atom. The summed E-state index contributed by atoms with van der Waals surface area (Å²) in [6, 6.07) is 14.1. The summed E-state index contributed by atoms with van der Waals surface area (Å²) in [6.45, 7) is 6.33. The quantitative estimate of drug-likeness (QED) is 0.431. The van der Waals surface area contributed by atoms with Gasteiger partial charge >= 0.3 is 0 Å².